The monoisotopic (exact) mass is 315 g/mol. The SMILES string of the molecule is CN1CCN(CC(=O)N2CCSCC2)CC1.Cl.Cl. The first-order valence-electron chi connectivity index (χ1n) is 6.02. The standard InChI is InChI=1S/C11H21N3OS.2ClH/c1-12-2-4-13(5-3-12)10-11(15)14-6-8-16-9-7-14;;/h2-10H2,1H3;2*1H. The fourth-order valence-electron chi connectivity index (χ4n) is 2.11. The molecule has 2 fully saturated rings. The van der Waals surface area contributed by atoms with Crippen LogP contribution in [0.15, 0.2) is 0 Å². The van der Waals surface area contributed by atoms with Crippen LogP contribution in [0.4, 0.5) is 0 Å². The van der Waals surface area contributed by atoms with Crippen LogP contribution in [0, 0.1) is 0 Å². The lowest BCUT2D eigenvalue weighted by Gasteiger charge is -2.34. The first-order valence-corrected chi connectivity index (χ1v) is 7.17. The molecular formula is C11H23Cl2N3OS. The molecular weight excluding hydrogens is 293 g/mol. The minimum Gasteiger partial charge on any atom is -0.340 e. The van der Waals surface area contributed by atoms with Crippen LogP contribution >= 0.6 is 36.6 Å². The van der Waals surface area contributed by atoms with Crippen molar-refractivity contribution in [2.24, 2.45) is 0 Å². The summed E-state index contributed by atoms with van der Waals surface area (Å²) in [5.41, 5.74) is 0. The van der Waals surface area contributed by atoms with Crippen LogP contribution in [0.2, 0.25) is 0 Å². The minimum atomic E-state index is 0. The molecule has 2 aliphatic rings. The smallest absolute Gasteiger partial charge is 0.236 e. The molecule has 2 rings (SSSR count). The molecule has 0 radical (unpaired) electrons. The maximum atomic E-state index is 12.0. The van der Waals surface area contributed by atoms with Crippen molar-refractivity contribution in [2.75, 3.05) is 64.4 Å². The van der Waals surface area contributed by atoms with Gasteiger partial charge in [-0.2, -0.15) is 11.8 Å². The largest absolute Gasteiger partial charge is 0.340 e. The third kappa shape index (κ3) is 5.53. The number of hydrogen-bond acceptors (Lipinski definition) is 4. The van der Waals surface area contributed by atoms with Gasteiger partial charge in [0.2, 0.25) is 5.91 Å². The average Bonchev–Trinajstić information content (AvgIpc) is 2.33. The lowest BCUT2D eigenvalue weighted by atomic mass is 10.3. The topological polar surface area (TPSA) is 26.8 Å². The van der Waals surface area contributed by atoms with E-state index < -0.39 is 0 Å². The molecule has 4 nitrogen and oxygen atoms in total. The molecule has 0 atom stereocenters. The predicted octanol–water partition coefficient (Wildman–Crippen LogP) is 0.653. The lowest BCUT2D eigenvalue weighted by Crippen LogP contribution is -2.50. The number of likely N-dealkylation sites (N-methyl/N-ethyl adjacent to an activating group) is 1. The molecule has 0 bridgehead atoms. The fourth-order valence-corrected chi connectivity index (χ4v) is 3.01. The first kappa shape index (κ1) is 18.3. The lowest BCUT2D eigenvalue weighted by molar-refractivity contribution is -0.132. The van der Waals surface area contributed by atoms with Gasteiger partial charge in [-0.05, 0) is 7.05 Å². The summed E-state index contributed by atoms with van der Waals surface area (Å²) < 4.78 is 0. The van der Waals surface area contributed by atoms with Crippen molar-refractivity contribution in [1.29, 1.82) is 0 Å². The van der Waals surface area contributed by atoms with Gasteiger partial charge in [0.15, 0.2) is 0 Å². The highest BCUT2D eigenvalue weighted by molar-refractivity contribution is 7.99. The van der Waals surface area contributed by atoms with Crippen molar-refractivity contribution < 1.29 is 4.79 Å². The Bertz CT molecular complexity index is 244. The maximum absolute atomic E-state index is 12.0. The van der Waals surface area contributed by atoms with E-state index in [0.717, 1.165) is 50.8 Å². The number of nitrogens with zero attached hydrogens (tertiary/aromatic N) is 3. The van der Waals surface area contributed by atoms with Gasteiger partial charge in [0.05, 0.1) is 6.54 Å². The summed E-state index contributed by atoms with van der Waals surface area (Å²) >= 11 is 1.95. The summed E-state index contributed by atoms with van der Waals surface area (Å²) in [6, 6.07) is 0. The number of carbonyl (C=O) groups excluding carboxylic acids is 1. The first-order chi connectivity index (χ1) is 7.75. The number of thioether (sulfide) groups is 1. The summed E-state index contributed by atoms with van der Waals surface area (Å²) in [5.74, 6) is 2.54. The molecule has 0 saturated carbocycles. The van der Waals surface area contributed by atoms with Crippen molar-refractivity contribution in [3.05, 3.63) is 0 Å². The van der Waals surface area contributed by atoms with Crippen LogP contribution in [0.1, 0.15) is 0 Å². The Labute approximate surface area is 126 Å². The fraction of sp³-hybridized carbons (Fsp3) is 0.909. The molecule has 0 unspecified atom stereocenters. The highest BCUT2D eigenvalue weighted by atomic mass is 35.5. The zero-order valence-corrected chi connectivity index (χ0v) is 13.3. The van der Waals surface area contributed by atoms with Gasteiger partial charge in [-0.1, -0.05) is 0 Å². The molecule has 2 heterocycles. The van der Waals surface area contributed by atoms with E-state index in [0.29, 0.717) is 12.5 Å². The number of hydrogen-bond donors (Lipinski definition) is 0. The summed E-state index contributed by atoms with van der Waals surface area (Å²) in [4.78, 5) is 18.6. The van der Waals surface area contributed by atoms with Crippen LogP contribution < -0.4 is 0 Å². The van der Waals surface area contributed by atoms with Gasteiger partial charge in [0.1, 0.15) is 0 Å². The van der Waals surface area contributed by atoms with Gasteiger partial charge in [-0.3, -0.25) is 9.69 Å². The number of rotatable bonds is 2. The van der Waals surface area contributed by atoms with E-state index in [2.05, 4.69) is 16.8 Å². The third-order valence-corrected chi connectivity index (χ3v) is 4.26. The number of halogens is 2. The van der Waals surface area contributed by atoms with Crippen molar-refractivity contribution in [3.8, 4) is 0 Å². The Morgan fingerprint density at radius 1 is 1.00 bits per heavy atom. The van der Waals surface area contributed by atoms with E-state index >= 15 is 0 Å². The van der Waals surface area contributed by atoms with Gasteiger partial charge >= 0.3 is 0 Å². The number of carbonyl (C=O) groups is 1. The summed E-state index contributed by atoms with van der Waals surface area (Å²) in [5, 5.41) is 0. The molecule has 2 aliphatic heterocycles. The molecule has 0 spiro atoms. The van der Waals surface area contributed by atoms with E-state index in [1.165, 1.54) is 0 Å². The molecule has 7 heteroatoms. The number of amides is 1. The quantitative estimate of drug-likeness (QED) is 0.748. The van der Waals surface area contributed by atoms with E-state index in [9.17, 15) is 4.79 Å². The van der Waals surface area contributed by atoms with Crippen LogP contribution in [-0.4, -0.2) is 85.0 Å². The zero-order valence-electron chi connectivity index (χ0n) is 10.8. The van der Waals surface area contributed by atoms with Gasteiger partial charge in [0.25, 0.3) is 0 Å². The second kappa shape index (κ2) is 9.26. The van der Waals surface area contributed by atoms with Crippen molar-refractivity contribution in [1.82, 2.24) is 14.7 Å². The highest BCUT2D eigenvalue weighted by Crippen LogP contribution is 2.10. The van der Waals surface area contributed by atoms with Crippen LogP contribution in [-0.2, 0) is 4.79 Å². The molecule has 108 valence electrons. The second-order valence-electron chi connectivity index (χ2n) is 4.57. The predicted molar refractivity (Wildman–Crippen MR) is 82.3 cm³/mol. The molecule has 0 N–H and O–H groups in total. The normalized spacial score (nSPS) is 21.9. The highest BCUT2D eigenvalue weighted by Gasteiger charge is 2.21. The van der Waals surface area contributed by atoms with E-state index in [1.807, 2.05) is 16.7 Å². The van der Waals surface area contributed by atoms with Crippen LogP contribution in [0.25, 0.3) is 0 Å². The molecule has 0 aromatic heterocycles. The van der Waals surface area contributed by atoms with E-state index in [-0.39, 0.29) is 24.8 Å². The Morgan fingerprint density at radius 2 is 1.56 bits per heavy atom. The van der Waals surface area contributed by atoms with Crippen LogP contribution in [0.5, 0.6) is 0 Å². The summed E-state index contributed by atoms with van der Waals surface area (Å²) in [6.45, 7) is 6.74. The van der Waals surface area contributed by atoms with Crippen molar-refractivity contribution in [2.45, 2.75) is 0 Å². The Balaban J connectivity index is 0.00000144. The van der Waals surface area contributed by atoms with Crippen molar-refractivity contribution in [3.63, 3.8) is 0 Å². The minimum absolute atomic E-state index is 0. The third-order valence-electron chi connectivity index (χ3n) is 3.32. The summed E-state index contributed by atoms with van der Waals surface area (Å²) in [6.07, 6.45) is 0. The second-order valence-corrected chi connectivity index (χ2v) is 5.80. The zero-order chi connectivity index (χ0) is 11.4. The molecule has 0 aliphatic carbocycles. The number of piperazine rings is 1. The molecule has 0 aromatic carbocycles. The van der Waals surface area contributed by atoms with Gasteiger partial charge in [-0.15, -0.1) is 24.8 Å². The molecule has 0 aromatic rings. The van der Waals surface area contributed by atoms with Crippen LogP contribution in [0.3, 0.4) is 0 Å². The maximum Gasteiger partial charge on any atom is 0.236 e. The molecule has 18 heavy (non-hydrogen) atoms. The molecule has 1 amide bonds. The Kier molecular flexibility index (Phi) is 9.42. The Hall–Kier alpha value is 0.320. The summed E-state index contributed by atoms with van der Waals surface area (Å²) in [7, 11) is 2.14. The van der Waals surface area contributed by atoms with Crippen molar-refractivity contribution >= 4 is 42.5 Å². The Morgan fingerprint density at radius 3 is 2.11 bits per heavy atom. The van der Waals surface area contributed by atoms with Gasteiger partial charge < -0.3 is 9.80 Å². The van der Waals surface area contributed by atoms with E-state index in [1.54, 1.807) is 0 Å². The molecule has 2 saturated heterocycles. The van der Waals surface area contributed by atoms with Gasteiger partial charge in [0, 0.05) is 50.8 Å². The van der Waals surface area contributed by atoms with E-state index in [4.69, 9.17) is 0 Å². The van der Waals surface area contributed by atoms with Gasteiger partial charge in [-0.25, -0.2) is 0 Å². The average molecular weight is 316 g/mol.